The van der Waals surface area contributed by atoms with Crippen LogP contribution in [0.25, 0.3) is 0 Å². The summed E-state index contributed by atoms with van der Waals surface area (Å²) in [6, 6.07) is 14.2. The van der Waals surface area contributed by atoms with E-state index in [1.807, 2.05) is 31.2 Å². The number of piperazine rings is 1. The van der Waals surface area contributed by atoms with E-state index in [1.54, 1.807) is 7.11 Å². The molecule has 0 aromatic heterocycles. The smallest absolute Gasteiger partial charge is 0.279 e. The quantitative estimate of drug-likeness (QED) is 0.858. The molecule has 0 radical (unpaired) electrons. The summed E-state index contributed by atoms with van der Waals surface area (Å²) in [4.78, 5) is 16.1. The minimum Gasteiger partial charge on any atom is -0.497 e. The average molecular weight is 354 g/mol. The zero-order valence-electron chi connectivity index (χ0n) is 15.8. The number of methoxy groups -OCH3 is 1. The van der Waals surface area contributed by atoms with Gasteiger partial charge in [-0.05, 0) is 55.3 Å². The zero-order chi connectivity index (χ0) is 18.5. The lowest BCUT2D eigenvalue weighted by Gasteiger charge is -2.33. The van der Waals surface area contributed by atoms with Gasteiger partial charge in [0.2, 0.25) is 0 Å². The van der Waals surface area contributed by atoms with Gasteiger partial charge >= 0.3 is 0 Å². The summed E-state index contributed by atoms with van der Waals surface area (Å²) < 4.78 is 5.21. The summed E-state index contributed by atoms with van der Waals surface area (Å²) in [6.45, 7) is 8.47. The number of nitrogens with one attached hydrogen (secondary N) is 2. The molecule has 3 rings (SSSR count). The first kappa shape index (κ1) is 18.3. The summed E-state index contributed by atoms with van der Waals surface area (Å²) in [5.41, 5.74) is 4.47. The number of quaternary nitrogens is 1. The van der Waals surface area contributed by atoms with Gasteiger partial charge in [0.25, 0.3) is 5.91 Å². The van der Waals surface area contributed by atoms with Crippen molar-refractivity contribution in [2.24, 2.45) is 0 Å². The van der Waals surface area contributed by atoms with Crippen LogP contribution in [0, 0.1) is 13.8 Å². The van der Waals surface area contributed by atoms with Gasteiger partial charge in [-0.3, -0.25) is 4.79 Å². The second-order valence-corrected chi connectivity index (χ2v) is 6.91. The molecule has 2 aromatic carbocycles. The highest BCUT2D eigenvalue weighted by Gasteiger charge is 2.22. The van der Waals surface area contributed by atoms with Gasteiger partial charge in [-0.2, -0.15) is 0 Å². The van der Waals surface area contributed by atoms with E-state index < -0.39 is 0 Å². The number of anilines is 2. The van der Waals surface area contributed by atoms with Gasteiger partial charge in [-0.25, -0.2) is 0 Å². The van der Waals surface area contributed by atoms with Gasteiger partial charge < -0.3 is 19.9 Å². The highest BCUT2D eigenvalue weighted by Crippen LogP contribution is 2.19. The molecule has 5 heteroatoms. The summed E-state index contributed by atoms with van der Waals surface area (Å²) in [6.07, 6.45) is 0. The van der Waals surface area contributed by atoms with Gasteiger partial charge in [0.05, 0.1) is 33.3 Å². The topological polar surface area (TPSA) is 46.0 Å². The number of carbonyl (C=O) groups is 1. The largest absolute Gasteiger partial charge is 0.497 e. The molecule has 1 heterocycles. The molecular weight excluding hydrogens is 326 g/mol. The van der Waals surface area contributed by atoms with Crippen LogP contribution in [0.3, 0.4) is 0 Å². The predicted octanol–water partition coefficient (Wildman–Crippen LogP) is 1.66. The molecule has 0 unspecified atom stereocenters. The minimum atomic E-state index is 0.0894. The molecule has 26 heavy (non-hydrogen) atoms. The first-order valence-corrected chi connectivity index (χ1v) is 9.15. The molecule has 2 aromatic rings. The van der Waals surface area contributed by atoms with E-state index in [0.717, 1.165) is 43.2 Å². The van der Waals surface area contributed by atoms with Crippen molar-refractivity contribution in [3.8, 4) is 5.75 Å². The highest BCUT2D eigenvalue weighted by molar-refractivity contribution is 5.92. The summed E-state index contributed by atoms with van der Waals surface area (Å²) in [5.74, 6) is 0.965. The Balaban J connectivity index is 1.50. The number of nitrogens with zero attached hydrogens (tertiary/aromatic N) is 1. The number of hydrogen-bond donors (Lipinski definition) is 2. The number of hydrogen-bond acceptors (Lipinski definition) is 3. The van der Waals surface area contributed by atoms with E-state index in [-0.39, 0.29) is 5.91 Å². The third-order valence-corrected chi connectivity index (χ3v) is 5.20. The summed E-state index contributed by atoms with van der Waals surface area (Å²) in [5, 5.41) is 3.07. The SMILES string of the molecule is COc1ccc(N2CC[NH+](CC(=O)Nc3cccc(C)c3C)CC2)cc1. The molecule has 1 aliphatic rings. The Morgan fingerprint density at radius 3 is 2.46 bits per heavy atom. The Bertz CT molecular complexity index is 750. The molecule has 1 amide bonds. The lowest BCUT2D eigenvalue weighted by Crippen LogP contribution is -3.15. The third kappa shape index (κ3) is 4.35. The van der Waals surface area contributed by atoms with E-state index in [0.29, 0.717) is 6.54 Å². The molecule has 0 saturated carbocycles. The highest BCUT2D eigenvalue weighted by atomic mass is 16.5. The van der Waals surface area contributed by atoms with Crippen LogP contribution in [0.1, 0.15) is 11.1 Å². The van der Waals surface area contributed by atoms with Crippen LogP contribution >= 0.6 is 0 Å². The molecule has 1 saturated heterocycles. The van der Waals surface area contributed by atoms with Crippen molar-refractivity contribution in [1.29, 1.82) is 0 Å². The van der Waals surface area contributed by atoms with Crippen LogP contribution in [0.2, 0.25) is 0 Å². The van der Waals surface area contributed by atoms with Gasteiger partial charge in [0, 0.05) is 11.4 Å². The van der Waals surface area contributed by atoms with Gasteiger partial charge in [-0.1, -0.05) is 12.1 Å². The molecule has 0 bridgehead atoms. The average Bonchev–Trinajstić information content (AvgIpc) is 2.66. The maximum atomic E-state index is 12.4. The van der Waals surface area contributed by atoms with E-state index in [1.165, 1.54) is 16.2 Å². The molecule has 0 aliphatic carbocycles. The molecule has 5 nitrogen and oxygen atoms in total. The standard InChI is InChI=1S/C21H27N3O2/c1-16-5-4-6-20(17(16)2)22-21(25)15-23-11-13-24(14-12-23)18-7-9-19(26-3)10-8-18/h4-10H,11-15H2,1-3H3,(H,22,25)/p+1. The van der Waals surface area contributed by atoms with Crippen LogP contribution < -0.4 is 19.9 Å². The molecule has 1 aliphatic heterocycles. The fraction of sp³-hybridized carbons (Fsp3) is 0.381. The van der Waals surface area contributed by atoms with E-state index in [4.69, 9.17) is 4.74 Å². The Hall–Kier alpha value is -2.53. The fourth-order valence-corrected chi connectivity index (χ4v) is 3.36. The second kappa shape index (κ2) is 8.23. The zero-order valence-corrected chi connectivity index (χ0v) is 15.8. The lowest BCUT2D eigenvalue weighted by molar-refractivity contribution is -0.892. The Labute approximate surface area is 155 Å². The summed E-state index contributed by atoms with van der Waals surface area (Å²) >= 11 is 0. The fourth-order valence-electron chi connectivity index (χ4n) is 3.36. The van der Waals surface area contributed by atoms with Crippen LogP contribution in [-0.4, -0.2) is 45.7 Å². The van der Waals surface area contributed by atoms with Crippen molar-refractivity contribution in [3.05, 3.63) is 53.6 Å². The van der Waals surface area contributed by atoms with Crippen LogP contribution in [0.5, 0.6) is 5.75 Å². The molecule has 0 atom stereocenters. The van der Waals surface area contributed by atoms with Crippen molar-refractivity contribution >= 4 is 17.3 Å². The Kier molecular flexibility index (Phi) is 5.78. The van der Waals surface area contributed by atoms with Crippen LogP contribution in [-0.2, 0) is 4.79 Å². The van der Waals surface area contributed by atoms with E-state index >= 15 is 0 Å². The Morgan fingerprint density at radius 2 is 1.81 bits per heavy atom. The first-order valence-electron chi connectivity index (χ1n) is 9.15. The minimum absolute atomic E-state index is 0.0894. The molecule has 1 fully saturated rings. The predicted molar refractivity (Wildman–Crippen MR) is 105 cm³/mol. The van der Waals surface area contributed by atoms with E-state index in [2.05, 4.69) is 35.3 Å². The van der Waals surface area contributed by atoms with E-state index in [9.17, 15) is 4.79 Å². The third-order valence-electron chi connectivity index (χ3n) is 5.20. The maximum absolute atomic E-state index is 12.4. The Morgan fingerprint density at radius 1 is 1.12 bits per heavy atom. The maximum Gasteiger partial charge on any atom is 0.279 e. The monoisotopic (exact) mass is 354 g/mol. The van der Waals surface area contributed by atoms with Gasteiger partial charge in [0.15, 0.2) is 6.54 Å². The second-order valence-electron chi connectivity index (χ2n) is 6.91. The van der Waals surface area contributed by atoms with Gasteiger partial charge in [0.1, 0.15) is 5.75 Å². The van der Waals surface area contributed by atoms with Crippen LogP contribution in [0.15, 0.2) is 42.5 Å². The van der Waals surface area contributed by atoms with Crippen molar-refractivity contribution in [2.75, 3.05) is 50.1 Å². The van der Waals surface area contributed by atoms with Crippen molar-refractivity contribution < 1.29 is 14.4 Å². The van der Waals surface area contributed by atoms with Crippen molar-refractivity contribution in [2.45, 2.75) is 13.8 Å². The molecule has 0 spiro atoms. The van der Waals surface area contributed by atoms with Gasteiger partial charge in [-0.15, -0.1) is 0 Å². The number of benzene rings is 2. The molecule has 138 valence electrons. The number of ether oxygens (including phenoxy) is 1. The molecular formula is C21H28N3O2+. The summed E-state index contributed by atoms with van der Waals surface area (Å²) in [7, 11) is 1.68. The number of amides is 1. The number of rotatable bonds is 5. The van der Waals surface area contributed by atoms with Crippen molar-refractivity contribution in [3.63, 3.8) is 0 Å². The number of carbonyl (C=O) groups excluding carboxylic acids is 1. The number of aryl methyl sites for hydroxylation is 1. The first-order chi connectivity index (χ1) is 12.6. The van der Waals surface area contributed by atoms with Crippen LogP contribution in [0.4, 0.5) is 11.4 Å². The lowest BCUT2D eigenvalue weighted by atomic mass is 10.1. The van der Waals surface area contributed by atoms with Crippen molar-refractivity contribution in [1.82, 2.24) is 0 Å². The normalized spacial score (nSPS) is 15.0. The molecule has 2 N–H and O–H groups in total.